The lowest BCUT2D eigenvalue weighted by Gasteiger charge is -2.29. The minimum absolute atomic E-state index is 0.195. The zero-order chi connectivity index (χ0) is 15.3. The molecule has 0 aliphatic heterocycles. The van der Waals surface area contributed by atoms with E-state index in [2.05, 4.69) is 69.1 Å². The van der Waals surface area contributed by atoms with Gasteiger partial charge >= 0.3 is 0 Å². The summed E-state index contributed by atoms with van der Waals surface area (Å²) in [7, 11) is 0. The summed E-state index contributed by atoms with van der Waals surface area (Å²) in [4.78, 5) is 9.25. The smallest absolute Gasteiger partial charge is 0.135 e. The molecule has 20 heavy (non-hydrogen) atoms. The largest absolute Gasteiger partial charge is 0.370 e. The summed E-state index contributed by atoms with van der Waals surface area (Å²) < 4.78 is 0. The maximum Gasteiger partial charge on any atom is 0.135 e. The van der Waals surface area contributed by atoms with Crippen LogP contribution in [0.5, 0.6) is 0 Å². The molecule has 0 saturated carbocycles. The molecule has 114 valence electrons. The molecule has 1 unspecified atom stereocenters. The Bertz CT molecular complexity index is 435. The van der Waals surface area contributed by atoms with E-state index < -0.39 is 0 Å². The number of anilines is 2. The normalized spacial score (nSPS) is 13.2. The fourth-order valence-corrected chi connectivity index (χ4v) is 1.70. The van der Waals surface area contributed by atoms with Crippen molar-refractivity contribution in [2.24, 2.45) is 5.41 Å². The average molecular weight is 278 g/mol. The molecule has 1 rings (SSSR count). The highest BCUT2D eigenvalue weighted by Crippen LogP contribution is 2.26. The van der Waals surface area contributed by atoms with Gasteiger partial charge in [0.15, 0.2) is 0 Å². The van der Waals surface area contributed by atoms with Gasteiger partial charge in [-0.15, -0.1) is 0 Å². The van der Waals surface area contributed by atoms with E-state index in [0.29, 0.717) is 6.04 Å². The van der Waals surface area contributed by atoms with Crippen LogP contribution in [0.3, 0.4) is 0 Å². The number of hydrogen-bond donors (Lipinski definition) is 2. The van der Waals surface area contributed by atoms with Gasteiger partial charge in [0.1, 0.15) is 17.5 Å². The summed E-state index contributed by atoms with van der Waals surface area (Å²) in [6.07, 6.45) is 1.94. The Kier molecular flexibility index (Phi) is 5.78. The molecular weight excluding hydrogens is 248 g/mol. The van der Waals surface area contributed by atoms with Crippen LogP contribution in [0.1, 0.15) is 59.4 Å². The number of aromatic nitrogens is 2. The molecule has 0 aliphatic rings. The standard InChI is InChI=1S/C16H30N4/c1-8-10-17-14-11(3)15(20-13(9-2)19-14)18-12(4)16(5,6)7/h12H,8-10H2,1-7H3,(H2,17,18,19,20). The number of nitrogens with zero attached hydrogens (tertiary/aromatic N) is 2. The van der Waals surface area contributed by atoms with Gasteiger partial charge in [-0.05, 0) is 25.7 Å². The molecule has 0 radical (unpaired) electrons. The van der Waals surface area contributed by atoms with E-state index in [9.17, 15) is 0 Å². The summed E-state index contributed by atoms with van der Waals surface area (Å²) in [5, 5.41) is 6.95. The average Bonchev–Trinajstić information content (AvgIpc) is 2.38. The van der Waals surface area contributed by atoms with Crippen LogP contribution in [0, 0.1) is 12.3 Å². The van der Waals surface area contributed by atoms with E-state index in [1.807, 2.05) is 0 Å². The molecule has 0 fully saturated rings. The third kappa shape index (κ3) is 4.36. The van der Waals surface area contributed by atoms with Gasteiger partial charge in [0.25, 0.3) is 0 Å². The minimum Gasteiger partial charge on any atom is -0.370 e. The Hall–Kier alpha value is -1.32. The van der Waals surface area contributed by atoms with E-state index in [1.165, 1.54) is 0 Å². The molecule has 2 N–H and O–H groups in total. The van der Waals surface area contributed by atoms with Crippen LogP contribution in [0.4, 0.5) is 11.6 Å². The van der Waals surface area contributed by atoms with Crippen LogP contribution in [-0.4, -0.2) is 22.6 Å². The lowest BCUT2D eigenvalue weighted by atomic mass is 9.88. The van der Waals surface area contributed by atoms with Crippen LogP contribution in [0.2, 0.25) is 0 Å². The van der Waals surface area contributed by atoms with E-state index in [1.54, 1.807) is 0 Å². The van der Waals surface area contributed by atoms with Crippen molar-refractivity contribution in [3.05, 3.63) is 11.4 Å². The summed E-state index contributed by atoms with van der Waals surface area (Å²) >= 11 is 0. The Balaban J connectivity index is 3.05. The van der Waals surface area contributed by atoms with Gasteiger partial charge in [-0.2, -0.15) is 0 Å². The van der Waals surface area contributed by atoms with Gasteiger partial charge in [0.05, 0.1) is 0 Å². The summed E-state index contributed by atoms with van der Waals surface area (Å²) in [6.45, 7) is 16.2. The van der Waals surface area contributed by atoms with Crippen LogP contribution < -0.4 is 10.6 Å². The van der Waals surface area contributed by atoms with Gasteiger partial charge in [-0.3, -0.25) is 0 Å². The monoisotopic (exact) mass is 278 g/mol. The predicted octanol–water partition coefficient (Wildman–Crippen LogP) is 4.02. The third-order valence-electron chi connectivity index (χ3n) is 3.70. The molecule has 0 saturated heterocycles. The second-order valence-corrected chi connectivity index (χ2v) is 6.47. The van der Waals surface area contributed by atoms with Crippen molar-refractivity contribution in [1.82, 2.24) is 9.97 Å². The Morgan fingerprint density at radius 3 is 2.20 bits per heavy atom. The quantitative estimate of drug-likeness (QED) is 0.825. The highest BCUT2D eigenvalue weighted by Gasteiger charge is 2.21. The summed E-state index contributed by atoms with van der Waals surface area (Å²) in [5.41, 5.74) is 1.30. The SMILES string of the molecule is CCCNc1nc(CC)nc(NC(C)C(C)(C)C)c1C. The molecular formula is C16H30N4. The maximum atomic E-state index is 4.65. The number of aryl methyl sites for hydroxylation is 1. The first-order valence-corrected chi connectivity index (χ1v) is 7.67. The van der Waals surface area contributed by atoms with Crippen molar-refractivity contribution < 1.29 is 0 Å². The Morgan fingerprint density at radius 2 is 1.70 bits per heavy atom. The minimum atomic E-state index is 0.195. The van der Waals surface area contributed by atoms with Crippen molar-refractivity contribution in [2.45, 2.75) is 67.3 Å². The summed E-state index contributed by atoms with van der Waals surface area (Å²) in [6, 6.07) is 0.347. The molecule has 0 spiro atoms. The molecule has 0 aromatic carbocycles. The highest BCUT2D eigenvalue weighted by molar-refractivity contribution is 5.57. The highest BCUT2D eigenvalue weighted by atomic mass is 15.1. The second kappa shape index (κ2) is 6.91. The zero-order valence-corrected chi connectivity index (χ0v) is 14.1. The molecule has 1 heterocycles. The number of nitrogens with one attached hydrogen (secondary N) is 2. The van der Waals surface area contributed by atoms with Gasteiger partial charge < -0.3 is 10.6 Å². The number of hydrogen-bond acceptors (Lipinski definition) is 4. The zero-order valence-electron chi connectivity index (χ0n) is 14.1. The van der Waals surface area contributed by atoms with Crippen molar-refractivity contribution in [3.8, 4) is 0 Å². The van der Waals surface area contributed by atoms with Crippen molar-refractivity contribution in [2.75, 3.05) is 17.2 Å². The maximum absolute atomic E-state index is 4.65. The lowest BCUT2D eigenvalue weighted by molar-refractivity contribution is 0.358. The summed E-state index contributed by atoms with van der Waals surface area (Å²) in [5.74, 6) is 2.80. The van der Waals surface area contributed by atoms with E-state index >= 15 is 0 Å². The van der Waals surface area contributed by atoms with Crippen LogP contribution in [0.25, 0.3) is 0 Å². The van der Waals surface area contributed by atoms with Crippen molar-refractivity contribution in [3.63, 3.8) is 0 Å². The van der Waals surface area contributed by atoms with Gasteiger partial charge in [-0.25, -0.2) is 9.97 Å². The fraction of sp³-hybridized carbons (Fsp3) is 0.750. The molecule has 0 amide bonds. The molecule has 1 atom stereocenters. The van der Waals surface area contributed by atoms with Gasteiger partial charge in [-0.1, -0.05) is 34.6 Å². The molecule has 1 aromatic heterocycles. The molecule has 0 aliphatic carbocycles. The first-order valence-electron chi connectivity index (χ1n) is 7.67. The van der Waals surface area contributed by atoms with Crippen molar-refractivity contribution in [1.29, 1.82) is 0 Å². The van der Waals surface area contributed by atoms with Crippen LogP contribution in [-0.2, 0) is 6.42 Å². The van der Waals surface area contributed by atoms with E-state index in [4.69, 9.17) is 0 Å². The topological polar surface area (TPSA) is 49.8 Å². The van der Waals surface area contributed by atoms with Gasteiger partial charge in [0.2, 0.25) is 0 Å². The van der Waals surface area contributed by atoms with Crippen LogP contribution >= 0.6 is 0 Å². The first kappa shape index (κ1) is 16.7. The van der Waals surface area contributed by atoms with Crippen molar-refractivity contribution >= 4 is 11.6 Å². The number of rotatable bonds is 6. The predicted molar refractivity (Wildman–Crippen MR) is 87.5 cm³/mol. The third-order valence-corrected chi connectivity index (χ3v) is 3.70. The lowest BCUT2D eigenvalue weighted by Crippen LogP contribution is -2.31. The Labute approximate surface area is 123 Å². The van der Waals surface area contributed by atoms with E-state index in [-0.39, 0.29) is 5.41 Å². The molecule has 0 bridgehead atoms. The molecule has 4 heteroatoms. The van der Waals surface area contributed by atoms with Gasteiger partial charge in [0, 0.05) is 24.6 Å². The van der Waals surface area contributed by atoms with E-state index in [0.717, 1.165) is 42.4 Å². The fourth-order valence-electron chi connectivity index (χ4n) is 1.70. The first-order chi connectivity index (χ1) is 9.29. The second-order valence-electron chi connectivity index (χ2n) is 6.47. The molecule has 1 aromatic rings. The van der Waals surface area contributed by atoms with Crippen LogP contribution in [0.15, 0.2) is 0 Å². The molecule has 4 nitrogen and oxygen atoms in total. The Morgan fingerprint density at radius 1 is 1.10 bits per heavy atom.